The van der Waals surface area contributed by atoms with E-state index < -0.39 is 0 Å². The number of ether oxygens (including phenoxy) is 2. The standard InChI is InChI=1S/C16H25NO2/c1-12-4-5-13(2)14(10-12)11-15(17)16(18-3)6-8-19-9-7-16/h4-5,10,15H,6-9,11,17H2,1-3H3. The maximum absolute atomic E-state index is 6.46. The highest BCUT2D eigenvalue weighted by molar-refractivity contribution is 5.31. The van der Waals surface area contributed by atoms with Crippen molar-refractivity contribution in [3.8, 4) is 0 Å². The van der Waals surface area contributed by atoms with Crippen LogP contribution in [0, 0.1) is 13.8 Å². The Labute approximate surface area is 116 Å². The zero-order valence-electron chi connectivity index (χ0n) is 12.2. The molecule has 0 radical (unpaired) electrons. The summed E-state index contributed by atoms with van der Waals surface area (Å²) in [5.41, 5.74) is 10.2. The lowest BCUT2D eigenvalue weighted by molar-refractivity contribution is -0.103. The second kappa shape index (κ2) is 6.04. The predicted molar refractivity (Wildman–Crippen MR) is 77.4 cm³/mol. The largest absolute Gasteiger partial charge is 0.381 e. The molecule has 1 aliphatic rings. The molecule has 2 N–H and O–H groups in total. The van der Waals surface area contributed by atoms with Crippen LogP contribution >= 0.6 is 0 Å². The Hall–Kier alpha value is -0.900. The first-order chi connectivity index (χ1) is 9.07. The molecule has 1 fully saturated rings. The summed E-state index contributed by atoms with van der Waals surface area (Å²) in [7, 11) is 1.77. The molecule has 0 aliphatic carbocycles. The van der Waals surface area contributed by atoms with Crippen molar-refractivity contribution in [3.63, 3.8) is 0 Å². The van der Waals surface area contributed by atoms with Gasteiger partial charge in [-0.2, -0.15) is 0 Å². The lowest BCUT2D eigenvalue weighted by Crippen LogP contribution is -2.54. The SMILES string of the molecule is COC1(C(N)Cc2cc(C)ccc2C)CCOCC1. The van der Waals surface area contributed by atoms with Crippen molar-refractivity contribution in [3.05, 3.63) is 34.9 Å². The molecule has 106 valence electrons. The Balaban J connectivity index is 2.14. The number of hydrogen-bond donors (Lipinski definition) is 1. The quantitative estimate of drug-likeness (QED) is 0.907. The molecule has 1 unspecified atom stereocenters. The van der Waals surface area contributed by atoms with Gasteiger partial charge in [-0.1, -0.05) is 23.8 Å². The number of rotatable bonds is 4. The van der Waals surface area contributed by atoms with E-state index in [9.17, 15) is 0 Å². The van der Waals surface area contributed by atoms with Crippen molar-refractivity contribution in [1.29, 1.82) is 0 Å². The molecule has 0 spiro atoms. The molecule has 0 saturated carbocycles. The lowest BCUT2D eigenvalue weighted by Gasteiger charge is -2.40. The van der Waals surface area contributed by atoms with E-state index in [0.717, 1.165) is 32.5 Å². The summed E-state index contributed by atoms with van der Waals surface area (Å²) in [6.07, 6.45) is 2.63. The first-order valence-electron chi connectivity index (χ1n) is 7.02. The fourth-order valence-corrected chi connectivity index (χ4v) is 2.89. The number of nitrogens with two attached hydrogens (primary N) is 1. The van der Waals surface area contributed by atoms with Crippen LogP contribution in [0.1, 0.15) is 29.5 Å². The second-order valence-corrected chi connectivity index (χ2v) is 5.62. The summed E-state index contributed by atoms with van der Waals surface area (Å²) in [4.78, 5) is 0. The van der Waals surface area contributed by atoms with Crippen LogP contribution in [0.4, 0.5) is 0 Å². The van der Waals surface area contributed by atoms with Crippen molar-refractivity contribution < 1.29 is 9.47 Å². The van der Waals surface area contributed by atoms with Gasteiger partial charge in [0.05, 0.1) is 5.60 Å². The van der Waals surface area contributed by atoms with Crippen molar-refractivity contribution in [2.75, 3.05) is 20.3 Å². The minimum atomic E-state index is -0.228. The summed E-state index contributed by atoms with van der Waals surface area (Å²) in [6.45, 7) is 5.75. The average Bonchev–Trinajstić information content (AvgIpc) is 2.43. The normalized spacial score (nSPS) is 20.2. The van der Waals surface area contributed by atoms with E-state index in [1.165, 1.54) is 16.7 Å². The summed E-state index contributed by atoms with van der Waals surface area (Å²) >= 11 is 0. The van der Waals surface area contributed by atoms with Gasteiger partial charge in [-0.05, 0) is 31.4 Å². The number of hydrogen-bond acceptors (Lipinski definition) is 3. The summed E-state index contributed by atoms with van der Waals surface area (Å²) in [5.74, 6) is 0. The van der Waals surface area contributed by atoms with Gasteiger partial charge < -0.3 is 15.2 Å². The maximum Gasteiger partial charge on any atom is 0.0875 e. The molecular weight excluding hydrogens is 238 g/mol. The Kier molecular flexibility index (Phi) is 4.61. The number of benzene rings is 1. The lowest BCUT2D eigenvalue weighted by atomic mass is 9.82. The van der Waals surface area contributed by atoms with Crippen molar-refractivity contribution in [1.82, 2.24) is 0 Å². The zero-order chi connectivity index (χ0) is 13.9. The highest BCUT2D eigenvalue weighted by Crippen LogP contribution is 2.29. The first-order valence-corrected chi connectivity index (χ1v) is 7.02. The number of methoxy groups -OCH3 is 1. The van der Waals surface area contributed by atoms with E-state index in [1.807, 2.05) is 0 Å². The minimum Gasteiger partial charge on any atom is -0.381 e. The minimum absolute atomic E-state index is 0.0156. The van der Waals surface area contributed by atoms with Crippen molar-refractivity contribution in [2.24, 2.45) is 5.73 Å². The molecular formula is C16H25NO2. The second-order valence-electron chi connectivity index (χ2n) is 5.62. The molecule has 1 aromatic carbocycles. The van der Waals surface area contributed by atoms with Crippen LogP contribution in [0.15, 0.2) is 18.2 Å². The molecule has 19 heavy (non-hydrogen) atoms. The average molecular weight is 263 g/mol. The Morgan fingerprint density at radius 3 is 2.63 bits per heavy atom. The molecule has 0 aromatic heterocycles. The first kappa shape index (κ1) is 14.5. The molecule has 1 aliphatic heterocycles. The van der Waals surface area contributed by atoms with Gasteiger partial charge in [-0.25, -0.2) is 0 Å². The van der Waals surface area contributed by atoms with Crippen LogP contribution in [-0.2, 0) is 15.9 Å². The van der Waals surface area contributed by atoms with Crippen LogP contribution in [0.5, 0.6) is 0 Å². The Morgan fingerprint density at radius 2 is 2.00 bits per heavy atom. The van der Waals surface area contributed by atoms with Gasteiger partial charge in [-0.3, -0.25) is 0 Å². The van der Waals surface area contributed by atoms with E-state index in [1.54, 1.807) is 7.11 Å². The third-order valence-electron chi connectivity index (χ3n) is 4.37. The fraction of sp³-hybridized carbons (Fsp3) is 0.625. The highest BCUT2D eigenvalue weighted by Gasteiger charge is 2.38. The molecule has 3 nitrogen and oxygen atoms in total. The molecule has 1 aromatic rings. The van der Waals surface area contributed by atoms with Gasteiger partial charge in [0, 0.05) is 39.2 Å². The molecule has 1 heterocycles. The van der Waals surface area contributed by atoms with E-state index in [2.05, 4.69) is 32.0 Å². The van der Waals surface area contributed by atoms with E-state index in [4.69, 9.17) is 15.2 Å². The Morgan fingerprint density at radius 1 is 1.32 bits per heavy atom. The van der Waals surface area contributed by atoms with Crippen LogP contribution in [0.2, 0.25) is 0 Å². The van der Waals surface area contributed by atoms with E-state index in [0.29, 0.717) is 0 Å². The van der Waals surface area contributed by atoms with Gasteiger partial charge in [0.2, 0.25) is 0 Å². The number of aryl methyl sites for hydroxylation is 2. The Bertz CT molecular complexity index is 425. The summed E-state index contributed by atoms with van der Waals surface area (Å²) in [5, 5.41) is 0. The zero-order valence-corrected chi connectivity index (χ0v) is 12.2. The van der Waals surface area contributed by atoms with Gasteiger partial charge in [0.25, 0.3) is 0 Å². The summed E-state index contributed by atoms with van der Waals surface area (Å²) in [6, 6.07) is 6.56. The van der Waals surface area contributed by atoms with E-state index >= 15 is 0 Å². The van der Waals surface area contributed by atoms with Gasteiger partial charge in [-0.15, -0.1) is 0 Å². The third kappa shape index (κ3) is 3.16. The van der Waals surface area contributed by atoms with Crippen LogP contribution < -0.4 is 5.73 Å². The molecule has 0 bridgehead atoms. The highest BCUT2D eigenvalue weighted by atomic mass is 16.5. The molecule has 1 saturated heterocycles. The molecule has 2 rings (SSSR count). The van der Waals surface area contributed by atoms with E-state index in [-0.39, 0.29) is 11.6 Å². The van der Waals surface area contributed by atoms with Crippen LogP contribution in [0.25, 0.3) is 0 Å². The topological polar surface area (TPSA) is 44.5 Å². The maximum atomic E-state index is 6.46. The van der Waals surface area contributed by atoms with Crippen LogP contribution in [0.3, 0.4) is 0 Å². The van der Waals surface area contributed by atoms with Gasteiger partial charge in [0.15, 0.2) is 0 Å². The van der Waals surface area contributed by atoms with Crippen LogP contribution in [-0.4, -0.2) is 32.0 Å². The monoisotopic (exact) mass is 263 g/mol. The molecule has 3 heteroatoms. The third-order valence-corrected chi connectivity index (χ3v) is 4.37. The van der Waals surface area contributed by atoms with Crippen molar-refractivity contribution >= 4 is 0 Å². The molecule has 0 amide bonds. The predicted octanol–water partition coefficient (Wildman–Crippen LogP) is 2.37. The van der Waals surface area contributed by atoms with Crippen molar-refractivity contribution in [2.45, 2.75) is 44.8 Å². The van der Waals surface area contributed by atoms with Gasteiger partial charge in [0.1, 0.15) is 0 Å². The fourth-order valence-electron chi connectivity index (χ4n) is 2.89. The molecule has 1 atom stereocenters. The smallest absolute Gasteiger partial charge is 0.0875 e. The van der Waals surface area contributed by atoms with Gasteiger partial charge >= 0.3 is 0 Å². The summed E-state index contributed by atoms with van der Waals surface area (Å²) < 4.78 is 11.2.